The highest BCUT2D eigenvalue weighted by molar-refractivity contribution is 6.17. The Kier molecular flexibility index (Phi) is 3.73. The third-order valence-electron chi connectivity index (χ3n) is 6.53. The standard InChI is InChI=1S/C23H21N5O4/c1-5-11-6-12-10(2)8-22(3,4)28-16(12)13(7-11)23(20(28)30)14(9-24)17(25)32-19-15(23)18(29)26-21(31)27-19/h6-8H,5,25H2,1-4H3,(H2,26,27,29,31). The number of amides is 1. The van der Waals surface area contributed by atoms with E-state index in [1.165, 1.54) is 0 Å². The van der Waals surface area contributed by atoms with Crippen molar-refractivity contribution in [3.8, 4) is 11.9 Å². The smallest absolute Gasteiger partial charge is 0.328 e. The van der Waals surface area contributed by atoms with Crippen LogP contribution in [0.3, 0.4) is 0 Å². The van der Waals surface area contributed by atoms with E-state index in [0.29, 0.717) is 17.7 Å². The summed E-state index contributed by atoms with van der Waals surface area (Å²) >= 11 is 0. The van der Waals surface area contributed by atoms with Crippen LogP contribution in [0.4, 0.5) is 5.69 Å². The number of nitriles is 1. The number of nitrogens with zero attached hydrogens (tertiary/aromatic N) is 2. The van der Waals surface area contributed by atoms with E-state index >= 15 is 0 Å². The fourth-order valence-corrected chi connectivity index (χ4v) is 5.31. The molecule has 9 nitrogen and oxygen atoms in total. The van der Waals surface area contributed by atoms with Gasteiger partial charge < -0.3 is 15.4 Å². The molecule has 0 aliphatic carbocycles. The number of hydrogen-bond donors (Lipinski definition) is 3. The lowest BCUT2D eigenvalue weighted by atomic mass is 9.69. The Hall–Kier alpha value is -4.06. The molecule has 1 unspecified atom stereocenters. The molecule has 3 aliphatic rings. The number of anilines is 1. The van der Waals surface area contributed by atoms with E-state index in [1.54, 1.807) is 4.90 Å². The monoisotopic (exact) mass is 431 g/mol. The highest BCUT2D eigenvalue weighted by Crippen LogP contribution is 2.58. The number of aryl methyl sites for hydroxylation is 1. The first-order valence-corrected chi connectivity index (χ1v) is 10.2. The summed E-state index contributed by atoms with van der Waals surface area (Å²) < 4.78 is 5.47. The summed E-state index contributed by atoms with van der Waals surface area (Å²) in [5.74, 6) is -1.05. The molecule has 162 valence electrons. The van der Waals surface area contributed by atoms with E-state index in [1.807, 2.05) is 52.0 Å². The summed E-state index contributed by atoms with van der Waals surface area (Å²) in [5, 5.41) is 10.1. The van der Waals surface area contributed by atoms with E-state index < -0.39 is 28.1 Å². The van der Waals surface area contributed by atoms with E-state index in [-0.39, 0.29) is 22.9 Å². The number of nitrogens with one attached hydrogen (secondary N) is 2. The van der Waals surface area contributed by atoms with Gasteiger partial charge in [0.1, 0.15) is 17.2 Å². The van der Waals surface area contributed by atoms with Gasteiger partial charge in [0, 0.05) is 11.1 Å². The van der Waals surface area contributed by atoms with Crippen molar-refractivity contribution in [3.05, 3.63) is 72.8 Å². The van der Waals surface area contributed by atoms with Crippen LogP contribution in [-0.4, -0.2) is 21.4 Å². The average Bonchev–Trinajstić information content (AvgIpc) is 2.95. The van der Waals surface area contributed by atoms with Gasteiger partial charge in [0.25, 0.3) is 5.56 Å². The maximum atomic E-state index is 14.3. The molecule has 32 heavy (non-hydrogen) atoms. The summed E-state index contributed by atoms with van der Waals surface area (Å²) in [7, 11) is 0. The molecule has 0 saturated heterocycles. The molecule has 1 atom stereocenters. The maximum absolute atomic E-state index is 14.3. The number of benzene rings is 1. The highest BCUT2D eigenvalue weighted by atomic mass is 16.5. The van der Waals surface area contributed by atoms with Gasteiger partial charge in [0.05, 0.1) is 11.2 Å². The minimum absolute atomic E-state index is 0.147. The minimum atomic E-state index is -1.84. The van der Waals surface area contributed by atoms with Gasteiger partial charge in [-0.1, -0.05) is 19.1 Å². The fraction of sp³-hybridized carbons (Fsp3) is 0.304. The van der Waals surface area contributed by atoms with Gasteiger partial charge >= 0.3 is 5.69 Å². The topological polar surface area (TPSA) is 145 Å². The predicted octanol–water partition coefficient (Wildman–Crippen LogP) is 1.54. The number of allylic oxidation sites excluding steroid dienone is 1. The number of carbonyl (C=O) groups is 1. The Morgan fingerprint density at radius 1 is 1.22 bits per heavy atom. The zero-order valence-electron chi connectivity index (χ0n) is 18.0. The lowest BCUT2D eigenvalue weighted by molar-refractivity contribution is -0.121. The average molecular weight is 431 g/mol. The van der Waals surface area contributed by atoms with Crippen molar-refractivity contribution in [1.82, 2.24) is 9.97 Å². The van der Waals surface area contributed by atoms with Crippen molar-refractivity contribution >= 4 is 17.2 Å². The summed E-state index contributed by atoms with van der Waals surface area (Å²) in [5.41, 5.74) is 5.49. The molecular weight excluding hydrogens is 410 g/mol. The number of H-pyrrole nitrogens is 2. The zero-order chi connectivity index (χ0) is 23.2. The van der Waals surface area contributed by atoms with Crippen molar-refractivity contribution in [1.29, 1.82) is 5.26 Å². The third-order valence-corrected chi connectivity index (χ3v) is 6.53. The van der Waals surface area contributed by atoms with Gasteiger partial charge in [-0.15, -0.1) is 0 Å². The molecule has 2 aromatic rings. The summed E-state index contributed by atoms with van der Waals surface area (Å²) in [6.07, 6.45) is 2.67. The van der Waals surface area contributed by atoms with Gasteiger partial charge in [0.2, 0.25) is 17.7 Å². The first-order chi connectivity index (χ1) is 15.1. The first kappa shape index (κ1) is 19.9. The quantitative estimate of drug-likeness (QED) is 0.624. The Bertz CT molecular complexity index is 1470. The van der Waals surface area contributed by atoms with Gasteiger partial charge in [0.15, 0.2) is 5.41 Å². The molecule has 4 heterocycles. The van der Waals surface area contributed by atoms with Crippen LogP contribution in [0, 0.1) is 11.3 Å². The second-order valence-electron chi connectivity index (χ2n) is 8.83. The highest BCUT2D eigenvalue weighted by Gasteiger charge is 2.64. The number of hydrogen-bond acceptors (Lipinski definition) is 6. The number of nitrogens with two attached hydrogens (primary N) is 1. The van der Waals surface area contributed by atoms with E-state index in [4.69, 9.17) is 10.5 Å². The van der Waals surface area contributed by atoms with Crippen LogP contribution in [-0.2, 0) is 16.6 Å². The van der Waals surface area contributed by atoms with Crippen molar-refractivity contribution < 1.29 is 9.53 Å². The van der Waals surface area contributed by atoms with Crippen molar-refractivity contribution in [2.24, 2.45) is 5.73 Å². The summed E-state index contributed by atoms with van der Waals surface area (Å²) in [4.78, 5) is 45.7. The molecule has 3 aliphatic heterocycles. The SMILES string of the molecule is CCc1cc2c3c(c1)C1(C(=O)N3C(C)(C)C=C2C)C(C#N)=C(N)Oc2[nH]c(=O)[nH]c(=O)c21. The van der Waals surface area contributed by atoms with Crippen LogP contribution < -0.4 is 26.6 Å². The van der Waals surface area contributed by atoms with Crippen molar-refractivity contribution in [2.75, 3.05) is 4.90 Å². The van der Waals surface area contributed by atoms with E-state index in [0.717, 1.165) is 16.7 Å². The van der Waals surface area contributed by atoms with Crippen LogP contribution in [0.15, 0.2) is 39.3 Å². The Morgan fingerprint density at radius 2 is 1.94 bits per heavy atom. The number of aromatic amines is 2. The van der Waals surface area contributed by atoms with Crippen LogP contribution >= 0.6 is 0 Å². The number of ether oxygens (including phenoxy) is 1. The van der Waals surface area contributed by atoms with Gasteiger partial charge in [-0.05, 0) is 44.4 Å². The zero-order valence-corrected chi connectivity index (χ0v) is 18.0. The van der Waals surface area contributed by atoms with Crippen LogP contribution in [0.1, 0.15) is 49.9 Å². The number of aromatic nitrogens is 2. The maximum Gasteiger partial charge on any atom is 0.328 e. The Labute approximate surface area is 182 Å². The molecule has 1 amide bonds. The summed E-state index contributed by atoms with van der Waals surface area (Å²) in [6, 6.07) is 5.89. The molecule has 5 rings (SSSR count). The Balaban J connectivity index is 2.05. The lowest BCUT2D eigenvalue weighted by Crippen LogP contribution is -2.54. The number of carbonyl (C=O) groups excluding carboxylic acids is 1. The van der Waals surface area contributed by atoms with Crippen molar-refractivity contribution in [2.45, 2.75) is 45.1 Å². The van der Waals surface area contributed by atoms with Crippen LogP contribution in [0.25, 0.3) is 5.57 Å². The van der Waals surface area contributed by atoms with Gasteiger partial charge in [-0.2, -0.15) is 5.26 Å². The van der Waals surface area contributed by atoms with Crippen LogP contribution in [0.5, 0.6) is 5.88 Å². The molecule has 0 bridgehead atoms. The largest absolute Gasteiger partial charge is 0.423 e. The van der Waals surface area contributed by atoms with Gasteiger partial charge in [-0.25, -0.2) is 4.79 Å². The number of fused-ring (bicyclic) bond motifs is 3. The van der Waals surface area contributed by atoms with Crippen LogP contribution in [0.2, 0.25) is 0 Å². The summed E-state index contributed by atoms with van der Waals surface area (Å²) in [6.45, 7) is 7.75. The predicted molar refractivity (Wildman–Crippen MR) is 117 cm³/mol. The van der Waals surface area contributed by atoms with Crippen molar-refractivity contribution in [3.63, 3.8) is 0 Å². The molecule has 1 aromatic carbocycles. The molecule has 9 heteroatoms. The second-order valence-corrected chi connectivity index (χ2v) is 8.83. The van der Waals surface area contributed by atoms with Gasteiger partial charge in [-0.3, -0.25) is 19.6 Å². The molecule has 1 aromatic heterocycles. The molecule has 0 fully saturated rings. The fourth-order valence-electron chi connectivity index (χ4n) is 5.31. The lowest BCUT2D eigenvalue weighted by Gasteiger charge is -2.40. The molecule has 0 saturated carbocycles. The van der Waals surface area contributed by atoms with E-state index in [2.05, 4.69) is 9.97 Å². The Morgan fingerprint density at radius 3 is 2.59 bits per heavy atom. The minimum Gasteiger partial charge on any atom is -0.423 e. The second kappa shape index (κ2) is 6.01. The molecular formula is C23H21N5O4. The molecule has 0 radical (unpaired) electrons. The van der Waals surface area contributed by atoms with E-state index in [9.17, 15) is 19.6 Å². The third kappa shape index (κ3) is 2.13. The number of rotatable bonds is 1. The molecule has 1 spiro atoms. The molecule has 4 N–H and O–H groups in total. The first-order valence-electron chi connectivity index (χ1n) is 10.2. The normalized spacial score (nSPS) is 22.3.